The average Bonchev–Trinajstić information content (AvgIpc) is 2.39. The van der Waals surface area contributed by atoms with Crippen molar-refractivity contribution in [2.45, 2.75) is 18.4 Å². The Morgan fingerprint density at radius 2 is 2.50 bits per heavy atom. The summed E-state index contributed by atoms with van der Waals surface area (Å²) in [7, 11) is 1.73. The van der Waals surface area contributed by atoms with Crippen LogP contribution in [0.2, 0.25) is 0 Å². The SMILES string of the molecule is COC1(CCN)CCOC1. The fourth-order valence-corrected chi connectivity index (χ4v) is 1.31. The molecular formula is C7H15NO2. The van der Waals surface area contributed by atoms with Crippen LogP contribution in [0.1, 0.15) is 12.8 Å². The van der Waals surface area contributed by atoms with Crippen LogP contribution in [0.5, 0.6) is 0 Å². The molecule has 1 heterocycles. The smallest absolute Gasteiger partial charge is 0.0944 e. The third-order valence-corrected chi connectivity index (χ3v) is 2.10. The zero-order valence-corrected chi connectivity index (χ0v) is 6.43. The molecule has 60 valence electrons. The number of methoxy groups -OCH3 is 1. The van der Waals surface area contributed by atoms with E-state index in [2.05, 4.69) is 0 Å². The van der Waals surface area contributed by atoms with Gasteiger partial charge >= 0.3 is 0 Å². The Bertz CT molecular complexity index is 99.8. The van der Waals surface area contributed by atoms with E-state index >= 15 is 0 Å². The van der Waals surface area contributed by atoms with E-state index in [0.29, 0.717) is 13.2 Å². The standard InChI is InChI=1S/C7H15NO2/c1-9-7(2-4-8)3-5-10-6-7/h2-6,8H2,1H3. The number of nitrogens with two attached hydrogens (primary N) is 1. The van der Waals surface area contributed by atoms with Crippen LogP contribution in [0.25, 0.3) is 0 Å². The summed E-state index contributed by atoms with van der Waals surface area (Å²) in [5.74, 6) is 0. The lowest BCUT2D eigenvalue weighted by Crippen LogP contribution is -2.34. The van der Waals surface area contributed by atoms with Crippen LogP contribution in [-0.4, -0.2) is 32.5 Å². The molecule has 0 spiro atoms. The summed E-state index contributed by atoms with van der Waals surface area (Å²) in [4.78, 5) is 0. The topological polar surface area (TPSA) is 44.5 Å². The normalized spacial score (nSPS) is 33.0. The van der Waals surface area contributed by atoms with Gasteiger partial charge in [0.05, 0.1) is 12.2 Å². The van der Waals surface area contributed by atoms with E-state index in [0.717, 1.165) is 19.4 Å². The van der Waals surface area contributed by atoms with Crippen molar-refractivity contribution in [2.24, 2.45) is 5.73 Å². The predicted octanol–water partition coefficient (Wildman–Crippen LogP) is 0.141. The molecular weight excluding hydrogens is 130 g/mol. The molecule has 1 aliphatic rings. The van der Waals surface area contributed by atoms with E-state index in [4.69, 9.17) is 15.2 Å². The molecule has 1 saturated heterocycles. The van der Waals surface area contributed by atoms with Crippen molar-refractivity contribution in [3.63, 3.8) is 0 Å². The lowest BCUT2D eigenvalue weighted by molar-refractivity contribution is -0.0212. The van der Waals surface area contributed by atoms with Crippen molar-refractivity contribution in [1.82, 2.24) is 0 Å². The monoisotopic (exact) mass is 145 g/mol. The maximum absolute atomic E-state index is 5.43. The summed E-state index contributed by atoms with van der Waals surface area (Å²) in [5, 5.41) is 0. The van der Waals surface area contributed by atoms with Gasteiger partial charge in [-0.15, -0.1) is 0 Å². The molecule has 0 aliphatic carbocycles. The van der Waals surface area contributed by atoms with Crippen molar-refractivity contribution in [3.05, 3.63) is 0 Å². The molecule has 10 heavy (non-hydrogen) atoms. The van der Waals surface area contributed by atoms with Gasteiger partial charge in [-0.2, -0.15) is 0 Å². The van der Waals surface area contributed by atoms with Crippen LogP contribution in [0.4, 0.5) is 0 Å². The molecule has 2 N–H and O–H groups in total. The van der Waals surface area contributed by atoms with Crippen LogP contribution < -0.4 is 5.73 Å². The molecule has 1 aliphatic heterocycles. The largest absolute Gasteiger partial charge is 0.378 e. The maximum Gasteiger partial charge on any atom is 0.0944 e. The Balaban J connectivity index is 2.41. The van der Waals surface area contributed by atoms with E-state index in [-0.39, 0.29) is 5.60 Å². The Morgan fingerprint density at radius 3 is 2.90 bits per heavy atom. The number of hydrogen-bond donors (Lipinski definition) is 1. The van der Waals surface area contributed by atoms with Crippen molar-refractivity contribution in [1.29, 1.82) is 0 Å². The summed E-state index contributed by atoms with van der Waals surface area (Å²) in [6.07, 6.45) is 1.89. The highest BCUT2D eigenvalue weighted by Gasteiger charge is 2.33. The molecule has 1 atom stereocenters. The van der Waals surface area contributed by atoms with Gasteiger partial charge in [0, 0.05) is 20.1 Å². The summed E-state index contributed by atoms with van der Waals surface area (Å²) < 4.78 is 10.6. The minimum Gasteiger partial charge on any atom is -0.378 e. The first-order valence-corrected chi connectivity index (χ1v) is 3.66. The molecule has 0 radical (unpaired) electrons. The molecule has 0 bridgehead atoms. The van der Waals surface area contributed by atoms with E-state index < -0.39 is 0 Å². The number of rotatable bonds is 3. The molecule has 1 rings (SSSR count). The summed E-state index contributed by atoms with van der Waals surface area (Å²) >= 11 is 0. The van der Waals surface area contributed by atoms with E-state index in [9.17, 15) is 0 Å². The second-order valence-corrected chi connectivity index (χ2v) is 2.73. The van der Waals surface area contributed by atoms with Gasteiger partial charge in [-0.1, -0.05) is 0 Å². The predicted molar refractivity (Wildman–Crippen MR) is 38.8 cm³/mol. The van der Waals surface area contributed by atoms with Crippen LogP contribution in [0, 0.1) is 0 Å². The third kappa shape index (κ3) is 1.48. The minimum absolute atomic E-state index is 0.0608. The van der Waals surface area contributed by atoms with Crippen molar-refractivity contribution in [2.75, 3.05) is 26.9 Å². The van der Waals surface area contributed by atoms with Gasteiger partial charge in [-0.25, -0.2) is 0 Å². The van der Waals surface area contributed by atoms with Crippen molar-refractivity contribution < 1.29 is 9.47 Å². The third-order valence-electron chi connectivity index (χ3n) is 2.10. The fraction of sp³-hybridized carbons (Fsp3) is 1.00. The van der Waals surface area contributed by atoms with Crippen molar-refractivity contribution in [3.8, 4) is 0 Å². The lowest BCUT2D eigenvalue weighted by atomic mass is 9.99. The van der Waals surface area contributed by atoms with E-state index in [1.165, 1.54) is 0 Å². The van der Waals surface area contributed by atoms with E-state index in [1.54, 1.807) is 7.11 Å². The summed E-state index contributed by atoms with van der Waals surface area (Å²) in [6.45, 7) is 2.20. The zero-order valence-electron chi connectivity index (χ0n) is 6.43. The molecule has 3 nitrogen and oxygen atoms in total. The zero-order chi connectivity index (χ0) is 7.45. The quantitative estimate of drug-likeness (QED) is 0.614. The van der Waals surface area contributed by atoms with Gasteiger partial charge < -0.3 is 15.2 Å². The van der Waals surface area contributed by atoms with Crippen molar-refractivity contribution >= 4 is 0 Å². The lowest BCUT2D eigenvalue weighted by Gasteiger charge is -2.24. The molecule has 0 amide bonds. The van der Waals surface area contributed by atoms with Gasteiger partial charge in [0.2, 0.25) is 0 Å². The van der Waals surface area contributed by atoms with Gasteiger partial charge in [0.1, 0.15) is 0 Å². The van der Waals surface area contributed by atoms with Crippen LogP contribution in [0.15, 0.2) is 0 Å². The molecule has 0 aromatic carbocycles. The molecule has 0 aromatic heterocycles. The molecule has 0 saturated carbocycles. The summed E-state index contributed by atoms with van der Waals surface area (Å²) in [5.41, 5.74) is 5.37. The molecule has 3 heteroatoms. The van der Waals surface area contributed by atoms with Crippen LogP contribution in [-0.2, 0) is 9.47 Å². The second-order valence-electron chi connectivity index (χ2n) is 2.73. The Labute approximate surface area is 61.5 Å². The van der Waals surface area contributed by atoms with Crippen LogP contribution >= 0.6 is 0 Å². The average molecular weight is 145 g/mol. The highest BCUT2D eigenvalue weighted by Crippen LogP contribution is 2.25. The van der Waals surface area contributed by atoms with Gasteiger partial charge in [-0.05, 0) is 13.0 Å². The molecule has 0 aromatic rings. The molecule has 1 unspecified atom stereocenters. The van der Waals surface area contributed by atoms with E-state index in [1.807, 2.05) is 0 Å². The Morgan fingerprint density at radius 1 is 1.70 bits per heavy atom. The van der Waals surface area contributed by atoms with Crippen LogP contribution in [0.3, 0.4) is 0 Å². The first-order valence-electron chi connectivity index (χ1n) is 3.66. The first-order chi connectivity index (χ1) is 4.83. The highest BCUT2D eigenvalue weighted by molar-refractivity contribution is 4.84. The van der Waals surface area contributed by atoms with Gasteiger partial charge in [-0.3, -0.25) is 0 Å². The Kier molecular flexibility index (Phi) is 2.65. The number of hydrogen-bond acceptors (Lipinski definition) is 3. The van der Waals surface area contributed by atoms with Gasteiger partial charge in [0.15, 0.2) is 0 Å². The maximum atomic E-state index is 5.43. The van der Waals surface area contributed by atoms with Gasteiger partial charge in [0.25, 0.3) is 0 Å². The highest BCUT2D eigenvalue weighted by atomic mass is 16.5. The Hall–Kier alpha value is -0.120. The minimum atomic E-state index is -0.0608. The first kappa shape index (κ1) is 7.98. The summed E-state index contributed by atoms with van der Waals surface area (Å²) in [6, 6.07) is 0. The molecule has 1 fully saturated rings. The number of ether oxygens (including phenoxy) is 2. The second kappa shape index (κ2) is 3.32. The fourth-order valence-electron chi connectivity index (χ4n) is 1.31.